The summed E-state index contributed by atoms with van der Waals surface area (Å²) in [6, 6.07) is -5.03. The molecule has 0 amide bonds. The zero-order chi connectivity index (χ0) is 51.8. The highest BCUT2D eigenvalue weighted by atomic mass is 32.3. The summed E-state index contributed by atoms with van der Waals surface area (Å²) in [5.74, 6) is -4.88. The van der Waals surface area contributed by atoms with Gasteiger partial charge in [0.05, 0.1) is 25.2 Å². The van der Waals surface area contributed by atoms with E-state index in [2.05, 4.69) is 12.5 Å². The van der Waals surface area contributed by atoms with Gasteiger partial charge in [-0.3, -0.25) is 13.3 Å². The molecule has 0 bridgehead atoms. The molecule has 398 valence electrons. The summed E-state index contributed by atoms with van der Waals surface area (Å²) in [7, 11) is -27.7. The molecular formula is C25H37N2O36S5-5. The molecular weight excluding hydrogens is 1060 g/mol. The molecule has 0 saturated carbocycles. The number of rotatable bonds is 21. The summed E-state index contributed by atoms with van der Waals surface area (Å²) in [6.45, 7) is -3.15. The number of nitrogens with one attached hydrogen (secondary N) is 2. The fraction of sp³-hybridized carbons (Fsp3) is 0.920. The molecule has 43 heteroatoms. The summed E-state index contributed by atoms with van der Waals surface area (Å²) in [6.07, 6.45) is -48.0. The summed E-state index contributed by atoms with van der Waals surface area (Å²) in [4.78, 5) is 24.1. The van der Waals surface area contributed by atoms with Gasteiger partial charge in [-0.05, 0) is 0 Å². The van der Waals surface area contributed by atoms with Crippen molar-refractivity contribution in [3.63, 3.8) is 0 Å². The van der Waals surface area contributed by atoms with Crippen molar-refractivity contribution in [2.75, 3.05) is 20.3 Å². The minimum Gasteiger partial charge on any atom is -0.735 e. The Bertz CT molecular complexity index is 2330. The van der Waals surface area contributed by atoms with Crippen LogP contribution in [0.15, 0.2) is 0 Å². The third-order valence-electron chi connectivity index (χ3n) is 9.56. The lowest BCUT2D eigenvalue weighted by molar-refractivity contribution is -0.386. The maximum absolute atomic E-state index is 12.5. The molecule has 0 radical (unpaired) electrons. The van der Waals surface area contributed by atoms with Crippen molar-refractivity contribution in [1.82, 2.24) is 9.44 Å². The fourth-order valence-electron chi connectivity index (χ4n) is 6.79. The Labute approximate surface area is 381 Å². The molecule has 68 heavy (non-hydrogen) atoms. The third kappa shape index (κ3) is 15.6. The first-order valence-electron chi connectivity index (χ1n) is 17.9. The molecule has 4 heterocycles. The van der Waals surface area contributed by atoms with Crippen LogP contribution in [0.4, 0.5) is 0 Å². The average molecular weight is 1100 g/mol. The number of carboxylic acid groups (broad SMARTS) is 2. The molecule has 0 aromatic heterocycles. The van der Waals surface area contributed by atoms with Crippen molar-refractivity contribution in [3.8, 4) is 0 Å². The molecule has 0 aromatic rings. The number of carbonyl (C=O) groups is 2. The average Bonchev–Trinajstić information content (AvgIpc) is 3.17. The van der Waals surface area contributed by atoms with Crippen molar-refractivity contribution in [1.29, 1.82) is 0 Å². The number of ether oxygens (including phenoxy) is 8. The maximum atomic E-state index is 12.5. The SMILES string of the molecule is CO[C@H]1O[C@H](COS(=O)(=O)[O-])[C@@H](O[C@@H]2O[C@H](C(=O)[O-])[C@@H](O[C@H]3O[C@H](COS(=O)(=O)O)[C@@H](O[C@@H]4O[C@H](C(=O)[O-])[C@@H](O)[C@H](O)[C@H]4OS(=O)(=O)O)[C@H](O)[C@H]3NS(=O)(=O)[O-])[C@H](O)[C@H]2O)[C@H](O)[C@H]1NS(=O)(=O)[O-]. The molecule has 0 aromatic carbocycles. The van der Waals surface area contributed by atoms with E-state index >= 15 is 0 Å². The smallest absolute Gasteiger partial charge is 0.397 e. The van der Waals surface area contributed by atoms with Crippen LogP contribution < -0.4 is 19.7 Å². The summed E-state index contributed by atoms with van der Waals surface area (Å²) in [5, 5.41) is 89.5. The van der Waals surface area contributed by atoms with Crippen LogP contribution in [0.25, 0.3) is 0 Å². The van der Waals surface area contributed by atoms with Crippen LogP contribution in [0.3, 0.4) is 0 Å². The van der Waals surface area contributed by atoms with Gasteiger partial charge in [0.2, 0.25) is 10.4 Å². The van der Waals surface area contributed by atoms with E-state index < -0.39 is 200 Å². The number of aliphatic hydroxyl groups is 6. The Kier molecular flexibility index (Phi) is 19.1. The Balaban J connectivity index is 1.72. The van der Waals surface area contributed by atoms with E-state index in [4.69, 9.17) is 37.9 Å². The molecule has 38 nitrogen and oxygen atoms in total. The van der Waals surface area contributed by atoms with Crippen LogP contribution in [0.2, 0.25) is 0 Å². The summed E-state index contributed by atoms with van der Waals surface area (Å²) >= 11 is 0. The second-order valence-electron chi connectivity index (χ2n) is 14.1. The minimum atomic E-state index is -5.97. The first-order valence-corrected chi connectivity index (χ1v) is 24.7. The Hall–Kier alpha value is -2.27. The first kappa shape index (κ1) is 58.3. The molecule has 4 rings (SSSR count). The highest BCUT2D eigenvalue weighted by Crippen LogP contribution is 2.36. The van der Waals surface area contributed by atoms with Crippen LogP contribution in [-0.4, -0.2) is 250 Å². The van der Waals surface area contributed by atoms with Gasteiger partial charge in [0, 0.05) is 7.11 Å². The van der Waals surface area contributed by atoms with E-state index in [9.17, 15) is 115 Å². The number of aliphatic carboxylic acids is 2. The van der Waals surface area contributed by atoms with Gasteiger partial charge in [0.1, 0.15) is 91.4 Å². The van der Waals surface area contributed by atoms with E-state index in [0.29, 0.717) is 0 Å². The number of carbonyl (C=O) groups excluding carboxylic acids is 2. The number of hydrogen-bond acceptors (Lipinski definition) is 34. The highest BCUT2D eigenvalue weighted by molar-refractivity contribution is 7.84. The van der Waals surface area contributed by atoms with Crippen molar-refractivity contribution in [2.24, 2.45) is 0 Å². The van der Waals surface area contributed by atoms with E-state index in [1.165, 1.54) is 4.72 Å². The van der Waals surface area contributed by atoms with Crippen LogP contribution in [0.5, 0.6) is 0 Å². The number of carboxylic acids is 2. The van der Waals surface area contributed by atoms with Gasteiger partial charge in [-0.2, -0.15) is 16.8 Å². The lowest BCUT2D eigenvalue weighted by Crippen LogP contribution is -2.71. The molecule has 4 aliphatic heterocycles. The molecule has 10 N–H and O–H groups in total. The van der Waals surface area contributed by atoms with Gasteiger partial charge < -0.3 is 102 Å². The molecule has 4 fully saturated rings. The molecule has 0 aliphatic carbocycles. The highest BCUT2D eigenvalue weighted by Gasteiger charge is 2.57. The molecule has 4 saturated heterocycles. The lowest BCUT2D eigenvalue weighted by Gasteiger charge is -2.50. The zero-order valence-electron chi connectivity index (χ0n) is 33.0. The quantitative estimate of drug-likeness (QED) is 0.0377. The molecule has 20 atom stereocenters. The number of hydrogen-bond donors (Lipinski definition) is 10. The summed E-state index contributed by atoms with van der Waals surface area (Å²) < 4.78 is 225. The van der Waals surface area contributed by atoms with E-state index in [0.717, 1.165) is 11.8 Å². The Morgan fingerprint density at radius 1 is 0.515 bits per heavy atom. The predicted octanol–water partition coefficient (Wildman–Crippen LogP) is -14.3. The van der Waals surface area contributed by atoms with Crippen LogP contribution >= 0.6 is 0 Å². The van der Waals surface area contributed by atoms with Crippen molar-refractivity contribution >= 4 is 63.7 Å². The van der Waals surface area contributed by atoms with Crippen LogP contribution in [0.1, 0.15) is 0 Å². The number of methoxy groups -OCH3 is 1. The standard InChI is InChI=1S/C25H42N2O36S5/c1-53-22-6(26-64(38,39)40)8(28)14(4(56-22)2-54-66(44,45)46)58-24-13(33)12(32)16(19(62-24)21(36)37)60-23-7(27-65(41,42)43)9(29)15(5(57-23)3-55-67(47,48)49)59-25-18(63-68(50,51)52)11(31)10(30)17(61-25)20(34)35/h4-19,22-33H,2-3H2,1H3,(H,34,35)(H,36,37)(H,38,39,40)(H,41,42,43)(H,44,45,46)(H,47,48,49)(H,50,51,52)/p-5/t4-,5-,6-,7-,8-,9-,10+,11+,12-,13-,14-,15-,16+,17+,18-,19+,22+,23-,24-,25-/m1/s1. The normalized spacial score (nSPS) is 40.1. The molecule has 4 aliphatic rings. The third-order valence-corrected chi connectivity index (χ3v) is 12.0. The van der Waals surface area contributed by atoms with Gasteiger partial charge >= 0.3 is 20.8 Å². The van der Waals surface area contributed by atoms with Crippen molar-refractivity contribution < 1.29 is 166 Å². The maximum Gasteiger partial charge on any atom is 0.397 e. The zero-order valence-corrected chi connectivity index (χ0v) is 37.1. The Morgan fingerprint density at radius 2 is 0.941 bits per heavy atom. The van der Waals surface area contributed by atoms with Crippen LogP contribution in [0, 0.1) is 0 Å². The van der Waals surface area contributed by atoms with Crippen molar-refractivity contribution in [3.05, 3.63) is 0 Å². The lowest BCUT2D eigenvalue weighted by atomic mass is 9.94. The van der Waals surface area contributed by atoms with Gasteiger partial charge in [-0.1, -0.05) is 0 Å². The molecule has 0 unspecified atom stereocenters. The van der Waals surface area contributed by atoms with E-state index in [1.807, 2.05) is 0 Å². The first-order chi connectivity index (χ1) is 30.9. The van der Waals surface area contributed by atoms with Crippen molar-refractivity contribution in [2.45, 2.75) is 123 Å². The summed E-state index contributed by atoms with van der Waals surface area (Å²) in [5.41, 5.74) is 0. The predicted molar refractivity (Wildman–Crippen MR) is 185 cm³/mol. The van der Waals surface area contributed by atoms with Gasteiger partial charge in [0.25, 0.3) is 0 Å². The molecule has 0 spiro atoms. The number of aliphatic hydroxyl groups excluding tert-OH is 6. The van der Waals surface area contributed by atoms with Crippen LogP contribution in [-0.2, 0) is 112 Å². The fourth-order valence-corrected chi connectivity index (χ4v) is 9.05. The van der Waals surface area contributed by atoms with Gasteiger partial charge in [-0.15, -0.1) is 0 Å². The van der Waals surface area contributed by atoms with Gasteiger partial charge in [0.15, 0.2) is 51.9 Å². The topological polar surface area (TPSA) is 608 Å². The minimum absolute atomic E-state index is 0.801. The largest absolute Gasteiger partial charge is 0.735 e. The monoisotopic (exact) mass is 1100 g/mol. The second kappa shape index (κ2) is 22.2. The Morgan fingerprint density at radius 3 is 1.38 bits per heavy atom. The van der Waals surface area contributed by atoms with Gasteiger partial charge in [-0.25, -0.2) is 43.1 Å². The second-order valence-corrected chi connectivity index (χ2v) is 19.6. The van der Waals surface area contributed by atoms with E-state index in [-0.39, 0.29) is 0 Å². The van der Waals surface area contributed by atoms with E-state index in [1.54, 1.807) is 0 Å².